The third-order valence-corrected chi connectivity index (χ3v) is 5.54. The average Bonchev–Trinajstić information content (AvgIpc) is 2.86. The van der Waals surface area contributed by atoms with Crippen molar-refractivity contribution < 1.29 is 22.7 Å². The van der Waals surface area contributed by atoms with E-state index in [1.165, 1.54) is 32.2 Å². The van der Waals surface area contributed by atoms with E-state index >= 15 is 0 Å². The third kappa shape index (κ3) is 3.19. The van der Waals surface area contributed by atoms with E-state index in [1.807, 2.05) is 0 Å². The Balaban J connectivity index is 2.24. The van der Waals surface area contributed by atoms with Gasteiger partial charge >= 0.3 is 11.9 Å². The molecule has 0 saturated carbocycles. The minimum Gasteiger partial charge on any atom is -0.408 e. The van der Waals surface area contributed by atoms with E-state index in [-0.39, 0.29) is 21.7 Å². The number of alkyl halides is 3. The van der Waals surface area contributed by atoms with Gasteiger partial charge in [-0.05, 0) is 35.4 Å². The van der Waals surface area contributed by atoms with Crippen LogP contribution in [-0.4, -0.2) is 15.8 Å². The highest BCUT2D eigenvalue weighted by atomic mass is 79.9. The lowest BCUT2D eigenvalue weighted by Gasteiger charge is -2.37. The van der Waals surface area contributed by atoms with Crippen LogP contribution in [0.1, 0.15) is 24.0 Å². The van der Waals surface area contributed by atoms with E-state index in [4.69, 9.17) is 16.0 Å². The van der Waals surface area contributed by atoms with Gasteiger partial charge in [-0.15, -0.1) is 0 Å². The van der Waals surface area contributed by atoms with Crippen LogP contribution in [0.25, 0.3) is 11.1 Å². The summed E-state index contributed by atoms with van der Waals surface area (Å²) in [6.45, 7) is 1.25. The molecular weight excluding hydrogens is 451 g/mol. The number of hydrogen-bond donors (Lipinski definition) is 1. The SMILES string of the molecule is CC(c1ccc(Br)cc1Cl)C(O)(c1ccc2oc(=O)n(C)c2c1)C(F)(F)F. The van der Waals surface area contributed by atoms with Crippen molar-refractivity contribution in [2.75, 3.05) is 0 Å². The Kier molecular flexibility index (Phi) is 4.95. The smallest absolute Gasteiger partial charge is 0.408 e. The zero-order valence-electron chi connectivity index (χ0n) is 14.1. The maximum atomic E-state index is 14.0. The zero-order valence-corrected chi connectivity index (χ0v) is 16.5. The second kappa shape index (κ2) is 6.68. The number of rotatable bonds is 3. The maximum absolute atomic E-state index is 14.0. The van der Waals surface area contributed by atoms with Gasteiger partial charge in [0.15, 0.2) is 11.2 Å². The molecule has 3 aromatic rings. The van der Waals surface area contributed by atoms with Gasteiger partial charge in [-0.25, -0.2) is 4.79 Å². The quantitative estimate of drug-likeness (QED) is 0.587. The van der Waals surface area contributed by atoms with Crippen LogP contribution in [-0.2, 0) is 12.6 Å². The molecule has 0 spiro atoms. The Morgan fingerprint density at radius 1 is 1.22 bits per heavy atom. The number of halogens is 5. The van der Waals surface area contributed by atoms with Crippen molar-refractivity contribution in [3.05, 3.63) is 67.6 Å². The molecule has 4 nitrogen and oxygen atoms in total. The molecule has 0 fully saturated rings. The maximum Gasteiger partial charge on any atom is 0.422 e. The molecule has 27 heavy (non-hydrogen) atoms. The van der Waals surface area contributed by atoms with Crippen LogP contribution in [0.2, 0.25) is 5.02 Å². The number of oxazole rings is 1. The van der Waals surface area contributed by atoms with Crippen molar-refractivity contribution >= 4 is 38.6 Å². The van der Waals surface area contributed by atoms with E-state index in [0.717, 1.165) is 16.7 Å². The van der Waals surface area contributed by atoms with Crippen molar-refractivity contribution in [3.8, 4) is 0 Å². The number of nitrogens with zero attached hydrogens (tertiary/aromatic N) is 1. The molecule has 2 aromatic carbocycles. The number of fused-ring (bicyclic) bond motifs is 1. The molecule has 0 saturated heterocycles. The molecule has 0 aliphatic rings. The molecule has 0 aliphatic heterocycles. The van der Waals surface area contributed by atoms with Crippen LogP contribution >= 0.6 is 27.5 Å². The molecule has 2 unspecified atom stereocenters. The molecule has 2 atom stereocenters. The van der Waals surface area contributed by atoms with Crippen molar-refractivity contribution in [1.82, 2.24) is 4.57 Å². The van der Waals surface area contributed by atoms with E-state index in [2.05, 4.69) is 15.9 Å². The Morgan fingerprint density at radius 2 is 1.89 bits per heavy atom. The highest BCUT2D eigenvalue weighted by Gasteiger charge is 2.59. The summed E-state index contributed by atoms with van der Waals surface area (Å²) in [7, 11) is 1.37. The fraction of sp³-hybridized carbons (Fsp3) is 0.278. The van der Waals surface area contributed by atoms with Crippen LogP contribution in [0, 0.1) is 0 Å². The minimum absolute atomic E-state index is 0.0938. The van der Waals surface area contributed by atoms with Crippen LogP contribution in [0.15, 0.2) is 50.1 Å². The van der Waals surface area contributed by atoms with E-state index in [0.29, 0.717) is 4.47 Å². The number of benzene rings is 2. The van der Waals surface area contributed by atoms with Gasteiger partial charge in [0, 0.05) is 22.5 Å². The Morgan fingerprint density at radius 3 is 2.48 bits per heavy atom. The summed E-state index contributed by atoms with van der Waals surface area (Å²) in [5.41, 5.74) is -3.22. The van der Waals surface area contributed by atoms with Gasteiger partial charge in [0.1, 0.15) is 0 Å². The molecular formula is C18H14BrClF3NO3. The summed E-state index contributed by atoms with van der Waals surface area (Å²) < 4.78 is 48.8. The standard InChI is InChI=1S/C18H14BrClF3NO3/c1-9(12-5-4-11(19)8-13(12)20)17(26,18(21,22)23)10-3-6-15-14(7-10)24(2)16(25)27-15/h3-9,26H,1-2H3. The van der Waals surface area contributed by atoms with Crippen molar-refractivity contribution in [1.29, 1.82) is 0 Å². The molecule has 0 amide bonds. The van der Waals surface area contributed by atoms with Gasteiger partial charge < -0.3 is 9.52 Å². The minimum atomic E-state index is -5.00. The summed E-state index contributed by atoms with van der Waals surface area (Å²) in [5.74, 6) is -2.12. The first-order valence-corrected chi connectivity index (χ1v) is 8.98. The fourth-order valence-electron chi connectivity index (χ4n) is 3.10. The lowest BCUT2D eigenvalue weighted by atomic mass is 9.77. The predicted octanol–water partition coefficient (Wildman–Crippen LogP) is 5.10. The van der Waals surface area contributed by atoms with Crippen molar-refractivity contribution in [2.24, 2.45) is 7.05 Å². The second-order valence-electron chi connectivity index (χ2n) is 6.26. The number of hydrogen-bond acceptors (Lipinski definition) is 3. The van der Waals surface area contributed by atoms with Crippen molar-refractivity contribution in [2.45, 2.75) is 24.6 Å². The normalized spacial score (nSPS) is 15.7. The van der Waals surface area contributed by atoms with E-state index in [1.54, 1.807) is 6.07 Å². The Hall–Kier alpha value is -1.77. The highest BCUT2D eigenvalue weighted by molar-refractivity contribution is 9.10. The lowest BCUT2D eigenvalue weighted by molar-refractivity contribution is -0.274. The summed E-state index contributed by atoms with van der Waals surface area (Å²) in [5, 5.41) is 11.0. The number of aromatic nitrogens is 1. The molecule has 144 valence electrons. The highest BCUT2D eigenvalue weighted by Crippen LogP contribution is 2.50. The van der Waals surface area contributed by atoms with Gasteiger partial charge in [0.25, 0.3) is 0 Å². The molecule has 9 heteroatoms. The molecule has 1 heterocycles. The molecule has 3 rings (SSSR count). The van der Waals surface area contributed by atoms with E-state index < -0.39 is 29.0 Å². The number of aliphatic hydroxyl groups is 1. The first-order chi connectivity index (χ1) is 12.5. The lowest BCUT2D eigenvalue weighted by Crippen LogP contribution is -2.46. The van der Waals surface area contributed by atoms with Crippen LogP contribution in [0.3, 0.4) is 0 Å². The monoisotopic (exact) mass is 463 g/mol. The first-order valence-electron chi connectivity index (χ1n) is 7.81. The van der Waals surface area contributed by atoms with Crippen LogP contribution in [0.5, 0.6) is 0 Å². The molecule has 0 radical (unpaired) electrons. The van der Waals surface area contributed by atoms with Crippen LogP contribution < -0.4 is 5.76 Å². The number of aryl methyl sites for hydroxylation is 1. The first kappa shape index (κ1) is 20.0. The second-order valence-corrected chi connectivity index (χ2v) is 7.58. The molecule has 0 aliphatic carbocycles. The molecule has 0 bridgehead atoms. The summed E-state index contributed by atoms with van der Waals surface area (Å²) in [6, 6.07) is 7.89. The summed E-state index contributed by atoms with van der Waals surface area (Å²) >= 11 is 9.33. The van der Waals surface area contributed by atoms with Gasteiger partial charge in [0.05, 0.1) is 5.52 Å². The topological polar surface area (TPSA) is 55.4 Å². The van der Waals surface area contributed by atoms with Crippen LogP contribution in [0.4, 0.5) is 13.2 Å². The van der Waals surface area contributed by atoms with Gasteiger partial charge in [-0.2, -0.15) is 13.2 Å². The van der Waals surface area contributed by atoms with Gasteiger partial charge in [-0.3, -0.25) is 4.57 Å². The largest absolute Gasteiger partial charge is 0.422 e. The zero-order chi connectivity index (χ0) is 20.1. The average molecular weight is 465 g/mol. The summed E-state index contributed by atoms with van der Waals surface area (Å²) in [6.07, 6.45) is -5.00. The predicted molar refractivity (Wildman–Crippen MR) is 99.0 cm³/mol. The molecule has 1 N–H and O–H groups in total. The van der Waals surface area contributed by atoms with Gasteiger partial charge in [0.2, 0.25) is 0 Å². The third-order valence-electron chi connectivity index (χ3n) is 4.72. The summed E-state index contributed by atoms with van der Waals surface area (Å²) in [4.78, 5) is 11.6. The van der Waals surface area contributed by atoms with Gasteiger partial charge in [-0.1, -0.05) is 46.6 Å². The Bertz CT molecular complexity index is 1080. The van der Waals surface area contributed by atoms with E-state index in [9.17, 15) is 23.1 Å². The fourth-order valence-corrected chi connectivity index (χ4v) is 3.94. The Labute approximate surface area is 165 Å². The van der Waals surface area contributed by atoms with Crippen molar-refractivity contribution in [3.63, 3.8) is 0 Å². The molecule has 1 aromatic heterocycles.